The second kappa shape index (κ2) is 4.65. The van der Waals surface area contributed by atoms with Gasteiger partial charge in [-0.15, -0.1) is 6.42 Å². The van der Waals surface area contributed by atoms with Crippen molar-refractivity contribution in [2.24, 2.45) is 0 Å². The van der Waals surface area contributed by atoms with E-state index in [-0.39, 0.29) is 0 Å². The van der Waals surface area contributed by atoms with Crippen molar-refractivity contribution in [3.05, 3.63) is 47.2 Å². The Bertz CT molecular complexity index is 546. The van der Waals surface area contributed by atoms with Crippen molar-refractivity contribution < 1.29 is 0 Å². The highest BCUT2D eigenvalue weighted by molar-refractivity contribution is 6.29. The summed E-state index contributed by atoms with van der Waals surface area (Å²) in [5.41, 5.74) is 1.63. The van der Waals surface area contributed by atoms with E-state index in [9.17, 15) is 0 Å². The molecule has 0 saturated heterocycles. The SMILES string of the molecule is C#Cc1cccc(Nc2nccc(Cl)n2)c1. The van der Waals surface area contributed by atoms with Crippen LogP contribution in [0.1, 0.15) is 5.56 Å². The number of anilines is 2. The molecule has 1 N–H and O–H groups in total. The van der Waals surface area contributed by atoms with E-state index in [2.05, 4.69) is 21.2 Å². The van der Waals surface area contributed by atoms with Crippen LogP contribution in [0.5, 0.6) is 0 Å². The number of halogens is 1. The first kappa shape index (κ1) is 10.5. The summed E-state index contributed by atoms with van der Waals surface area (Å²) in [6, 6.07) is 9.05. The summed E-state index contributed by atoms with van der Waals surface area (Å²) in [6.45, 7) is 0. The minimum atomic E-state index is 0.394. The van der Waals surface area contributed by atoms with Crippen LogP contribution in [0, 0.1) is 12.3 Å². The molecule has 0 atom stereocenters. The molecular weight excluding hydrogens is 222 g/mol. The average molecular weight is 230 g/mol. The fourth-order valence-corrected chi connectivity index (χ4v) is 1.35. The highest BCUT2D eigenvalue weighted by Gasteiger charge is 1.98. The van der Waals surface area contributed by atoms with Gasteiger partial charge in [-0.25, -0.2) is 9.97 Å². The Hall–Kier alpha value is -2.05. The molecule has 0 radical (unpaired) electrons. The van der Waals surface area contributed by atoms with Gasteiger partial charge in [-0.1, -0.05) is 23.6 Å². The van der Waals surface area contributed by atoms with Crippen LogP contribution in [0.2, 0.25) is 5.15 Å². The van der Waals surface area contributed by atoms with Gasteiger partial charge < -0.3 is 5.32 Å². The average Bonchev–Trinajstić information content (AvgIpc) is 2.29. The highest BCUT2D eigenvalue weighted by Crippen LogP contribution is 2.15. The smallest absolute Gasteiger partial charge is 0.228 e. The van der Waals surface area contributed by atoms with Crippen LogP contribution in [0.15, 0.2) is 36.5 Å². The van der Waals surface area contributed by atoms with Gasteiger partial charge in [0, 0.05) is 17.4 Å². The second-order valence-electron chi connectivity index (χ2n) is 3.05. The van der Waals surface area contributed by atoms with Crippen molar-refractivity contribution in [2.75, 3.05) is 5.32 Å². The second-order valence-corrected chi connectivity index (χ2v) is 3.44. The number of benzene rings is 1. The molecule has 0 amide bonds. The van der Waals surface area contributed by atoms with E-state index in [1.165, 1.54) is 0 Å². The highest BCUT2D eigenvalue weighted by atomic mass is 35.5. The lowest BCUT2D eigenvalue weighted by Crippen LogP contribution is -1.96. The molecule has 16 heavy (non-hydrogen) atoms. The van der Waals surface area contributed by atoms with Gasteiger partial charge in [0.1, 0.15) is 5.15 Å². The number of nitrogens with one attached hydrogen (secondary N) is 1. The molecule has 0 spiro atoms. The van der Waals surface area contributed by atoms with E-state index < -0.39 is 0 Å². The maximum absolute atomic E-state index is 5.75. The number of aromatic nitrogens is 2. The third-order valence-electron chi connectivity index (χ3n) is 1.91. The standard InChI is InChI=1S/C12H8ClN3/c1-2-9-4-3-5-10(8-9)15-12-14-7-6-11(13)16-12/h1,3-8H,(H,14,15,16). The quantitative estimate of drug-likeness (QED) is 0.636. The number of nitrogens with zero attached hydrogens (tertiary/aromatic N) is 2. The molecule has 2 aromatic rings. The normalized spacial score (nSPS) is 9.50. The Labute approximate surface area is 98.5 Å². The zero-order valence-electron chi connectivity index (χ0n) is 8.31. The molecule has 78 valence electrons. The molecular formula is C12H8ClN3. The van der Waals surface area contributed by atoms with Crippen molar-refractivity contribution in [3.63, 3.8) is 0 Å². The molecule has 0 saturated carbocycles. The fraction of sp³-hybridized carbons (Fsp3) is 0. The fourth-order valence-electron chi connectivity index (χ4n) is 1.21. The summed E-state index contributed by atoms with van der Waals surface area (Å²) in [6.07, 6.45) is 6.89. The lowest BCUT2D eigenvalue weighted by atomic mass is 10.2. The Kier molecular flexibility index (Phi) is 3.04. The Balaban J connectivity index is 2.24. The van der Waals surface area contributed by atoms with Crippen LogP contribution in [-0.4, -0.2) is 9.97 Å². The summed E-state index contributed by atoms with van der Waals surface area (Å²) >= 11 is 5.75. The summed E-state index contributed by atoms with van der Waals surface area (Å²) in [4.78, 5) is 8.05. The van der Waals surface area contributed by atoms with E-state index >= 15 is 0 Å². The van der Waals surface area contributed by atoms with Gasteiger partial charge in [-0.2, -0.15) is 0 Å². The van der Waals surface area contributed by atoms with Crippen LogP contribution in [0.4, 0.5) is 11.6 Å². The monoisotopic (exact) mass is 229 g/mol. The van der Waals surface area contributed by atoms with Crippen LogP contribution in [-0.2, 0) is 0 Å². The van der Waals surface area contributed by atoms with Crippen LogP contribution in [0.3, 0.4) is 0 Å². The van der Waals surface area contributed by atoms with E-state index in [0.29, 0.717) is 11.1 Å². The summed E-state index contributed by atoms with van der Waals surface area (Å²) in [5, 5.41) is 3.41. The minimum Gasteiger partial charge on any atom is -0.324 e. The Morgan fingerprint density at radius 3 is 2.94 bits per heavy atom. The number of hydrogen-bond donors (Lipinski definition) is 1. The van der Waals surface area contributed by atoms with E-state index in [1.54, 1.807) is 12.3 Å². The van der Waals surface area contributed by atoms with Crippen molar-refractivity contribution >= 4 is 23.2 Å². The van der Waals surface area contributed by atoms with Gasteiger partial charge in [-0.05, 0) is 24.3 Å². The van der Waals surface area contributed by atoms with Crippen molar-refractivity contribution in [1.82, 2.24) is 9.97 Å². The molecule has 1 aromatic heterocycles. The van der Waals surface area contributed by atoms with Gasteiger partial charge in [0.05, 0.1) is 0 Å². The molecule has 0 unspecified atom stereocenters. The maximum Gasteiger partial charge on any atom is 0.228 e. The summed E-state index contributed by atoms with van der Waals surface area (Å²) < 4.78 is 0. The first-order chi connectivity index (χ1) is 7.78. The van der Waals surface area contributed by atoms with Gasteiger partial charge in [-0.3, -0.25) is 0 Å². The third-order valence-corrected chi connectivity index (χ3v) is 2.12. The number of hydrogen-bond acceptors (Lipinski definition) is 3. The lowest BCUT2D eigenvalue weighted by molar-refractivity contribution is 1.17. The molecule has 0 bridgehead atoms. The van der Waals surface area contributed by atoms with Crippen molar-refractivity contribution in [2.45, 2.75) is 0 Å². The van der Waals surface area contributed by atoms with Crippen molar-refractivity contribution in [3.8, 4) is 12.3 Å². The van der Waals surface area contributed by atoms with E-state index in [0.717, 1.165) is 11.3 Å². The van der Waals surface area contributed by atoms with Crippen LogP contribution in [0.25, 0.3) is 0 Å². The van der Waals surface area contributed by atoms with Gasteiger partial charge >= 0.3 is 0 Å². The zero-order chi connectivity index (χ0) is 11.4. The zero-order valence-corrected chi connectivity index (χ0v) is 9.07. The Morgan fingerprint density at radius 1 is 1.31 bits per heavy atom. The largest absolute Gasteiger partial charge is 0.324 e. The maximum atomic E-state index is 5.75. The van der Waals surface area contributed by atoms with Gasteiger partial charge in [0.25, 0.3) is 0 Å². The lowest BCUT2D eigenvalue weighted by Gasteiger charge is -2.04. The van der Waals surface area contributed by atoms with Crippen LogP contribution >= 0.6 is 11.6 Å². The molecule has 1 aromatic carbocycles. The molecule has 1 heterocycles. The van der Waals surface area contributed by atoms with Gasteiger partial charge in [0.15, 0.2) is 0 Å². The Morgan fingerprint density at radius 2 is 2.19 bits per heavy atom. The predicted octanol–water partition coefficient (Wildman–Crippen LogP) is 2.85. The minimum absolute atomic E-state index is 0.394. The summed E-state index contributed by atoms with van der Waals surface area (Å²) in [7, 11) is 0. The molecule has 0 fully saturated rings. The molecule has 3 nitrogen and oxygen atoms in total. The molecule has 0 aliphatic heterocycles. The number of terminal acetylenes is 1. The van der Waals surface area contributed by atoms with Gasteiger partial charge in [0.2, 0.25) is 5.95 Å². The number of rotatable bonds is 2. The topological polar surface area (TPSA) is 37.8 Å². The summed E-state index contributed by atoms with van der Waals surface area (Å²) in [5.74, 6) is 3.00. The third kappa shape index (κ3) is 2.50. The van der Waals surface area contributed by atoms with Crippen molar-refractivity contribution in [1.29, 1.82) is 0 Å². The van der Waals surface area contributed by atoms with Crippen LogP contribution < -0.4 is 5.32 Å². The molecule has 2 rings (SSSR count). The van der Waals surface area contributed by atoms with E-state index in [1.807, 2.05) is 24.3 Å². The first-order valence-corrected chi connectivity index (χ1v) is 4.98. The predicted molar refractivity (Wildman–Crippen MR) is 64.7 cm³/mol. The molecule has 0 aliphatic rings. The van der Waals surface area contributed by atoms with E-state index in [4.69, 9.17) is 18.0 Å². The molecule has 4 heteroatoms. The first-order valence-electron chi connectivity index (χ1n) is 4.60. The molecule has 0 aliphatic carbocycles.